The number of carbonyl (C=O) groups excluding carboxylic acids is 1. The number of piperidine rings is 1. The normalized spacial score (nSPS) is 17.7. The van der Waals surface area contributed by atoms with E-state index in [1.807, 2.05) is 48.2 Å². The molecule has 2 aliphatic heterocycles. The number of amides is 1. The number of fused-ring (bicyclic) bond motifs is 1. The van der Waals surface area contributed by atoms with Crippen molar-refractivity contribution in [1.29, 1.82) is 5.26 Å². The molecule has 1 N–H and O–H groups in total. The van der Waals surface area contributed by atoms with E-state index in [0.717, 1.165) is 54.1 Å². The summed E-state index contributed by atoms with van der Waals surface area (Å²) in [5.41, 5.74) is 4.41. The molecule has 0 bridgehead atoms. The van der Waals surface area contributed by atoms with Crippen molar-refractivity contribution in [3.05, 3.63) is 102 Å². The smallest absolute Gasteiger partial charge is 0.254 e. The highest BCUT2D eigenvalue weighted by molar-refractivity contribution is 5.98. The monoisotopic (exact) mass is 510 g/mol. The van der Waals surface area contributed by atoms with Crippen LogP contribution >= 0.6 is 0 Å². The third-order valence-electron chi connectivity index (χ3n) is 8.03. The van der Waals surface area contributed by atoms with Gasteiger partial charge in [-0.15, -0.1) is 0 Å². The van der Waals surface area contributed by atoms with E-state index < -0.39 is 10.8 Å². The fourth-order valence-corrected chi connectivity index (χ4v) is 5.67. The van der Waals surface area contributed by atoms with E-state index >= 15 is 0 Å². The van der Waals surface area contributed by atoms with E-state index in [0.29, 0.717) is 30.8 Å². The van der Waals surface area contributed by atoms with Gasteiger partial charge in [0.05, 0.1) is 18.6 Å². The highest BCUT2D eigenvalue weighted by atomic mass is 16.5. The van der Waals surface area contributed by atoms with Gasteiger partial charge in [-0.1, -0.05) is 63.1 Å². The summed E-state index contributed by atoms with van der Waals surface area (Å²) < 4.78 is 5.33. The average Bonchev–Trinajstić information content (AvgIpc) is 3.22. The number of ether oxygens (including phenoxy) is 1. The molecule has 0 radical (unpaired) electrons. The largest absolute Gasteiger partial charge is 0.497 e. The van der Waals surface area contributed by atoms with Crippen LogP contribution < -0.4 is 10.1 Å². The zero-order valence-corrected chi connectivity index (χ0v) is 22.8. The number of allylic oxidation sites excluding steroid dienone is 2. The second kappa shape index (κ2) is 10.8. The maximum absolute atomic E-state index is 13.4. The van der Waals surface area contributed by atoms with Crippen LogP contribution in [-0.2, 0) is 12.0 Å². The van der Waals surface area contributed by atoms with Gasteiger partial charge in [-0.25, -0.2) is 0 Å². The number of nitriles is 1. The van der Waals surface area contributed by atoms with E-state index in [1.54, 1.807) is 7.11 Å². The summed E-state index contributed by atoms with van der Waals surface area (Å²) in [6.07, 6.45) is 2.12. The Balaban J connectivity index is 1.49. The predicted octanol–water partition coefficient (Wildman–Crippen LogP) is 5.76. The molecule has 2 aromatic rings. The van der Waals surface area contributed by atoms with Crippen molar-refractivity contribution >= 4 is 5.91 Å². The summed E-state index contributed by atoms with van der Waals surface area (Å²) >= 11 is 0. The zero-order chi connectivity index (χ0) is 27.5. The molecule has 6 heteroatoms. The molecular weight excluding hydrogens is 472 g/mol. The van der Waals surface area contributed by atoms with Crippen molar-refractivity contribution in [2.45, 2.75) is 45.1 Å². The Morgan fingerprint density at radius 1 is 1.16 bits per heavy atom. The molecular formula is C32H38N4O2. The molecule has 6 nitrogen and oxygen atoms in total. The lowest BCUT2D eigenvalue weighted by molar-refractivity contribution is 0.0709. The van der Waals surface area contributed by atoms with Gasteiger partial charge in [0, 0.05) is 54.2 Å². The van der Waals surface area contributed by atoms with Crippen LogP contribution in [0.15, 0.2) is 85.4 Å². The minimum atomic E-state index is -0.485. The first-order chi connectivity index (χ1) is 18.1. The van der Waals surface area contributed by atoms with Crippen molar-refractivity contribution in [1.82, 2.24) is 15.1 Å². The topological polar surface area (TPSA) is 68.6 Å². The Labute approximate surface area is 226 Å². The number of rotatable bonds is 10. The fourth-order valence-electron chi connectivity index (χ4n) is 5.67. The summed E-state index contributed by atoms with van der Waals surface area (Å²) in [4.78, 5) is 17.5. The number of benzene rings is 2. The van der Waals surface area contributed by atoms with Gasteiger partial charge in [-0.2, -0.15) is 5.26 Å². The molecule has 2 aliphatic rings. The van der Waals surface area contributed by atoms with Gasteiger partial charge < -0.3 is 19.9 Å². The molecule has 0 aromatic heterocycles. The van der Waals surface area contributed by atoms with Gasteiger partial charge in [-0.05, 0) is 49.4 Å². The highest BCUT2D eigenvalue weighted by Gasteiger charge is 2.40. The van der Waals surface area contributed by atoms with Gasteiger partial charge in [0.15, 0.2) is 0 Å². The van der Waals surface area contributed by atoms with E-state index in [9.17, 15) is 10.1 Å². The Kier molecular flexibility index (Phi) is 7.68. The Bertz CT molecular complexity index is 1280. The SMILES string of the molecule is C=C(C)NC(=C)C(C)(CC(=C)N1CCC(C#N)(c2ccccc2)CC1)CN1Cc2ccc(OC)cc2C1=O. The molecule has 1 unspecified atom stereocenters. The van der Waals surface area contributed by atoms with Gasteiger partial charge in [0.2, 0.25) is 0 Å². The lowest BCUT2D eigenvalue weighted by Crippen LogP contribution is -2.44. The number of methoxy groups -OCH3 is 1. The minimum absolute atomic E-state index is 0.00139. The standard InChI is InChI=1S/C32H38N4O2/c1-23(2)34-25(4)31(5,22-36-20-26-12-13-28(38-6)18-29(26)30(36)37)19-24(3)35-16-14-32(21-33,15-17-35)27-10-8-7-9-11-27/h7-13,18,34H,1,3-4,14-17,19-20,22H2,2,5-6H3. The molecule has 1 atom stereocenters. The average molecular weight is 511 g/mol. The maximum atomic E-state index is 13.4. The first-order valence-corrected chi connectivity index (χ1v) is 13.1. The Hall–Kier alpha value is -3.98. The van der Waals surface area contributed by atoms with Crippen LogP contribution in [0.4, 0.5) is 0 Å². The maximum Gasteiger partial charge on any atom is 0.254 e. The molecule has 1 fully saturated rings. The molecule has 4 rings (SSSR count). The lowest BCUT2D eigenvalue weighted by Gasteiger charge is -2.43. The summed E-state index contributed by atoms with van der Waals surface area (Å²) in [5.74, 6) is 0.677. The highest BCUT2D eigenvalue weighted by Crippen LogP contribution is 2.40. The van der Waals surface area contributed by atoms with Crippen molar-refractivity contribution in [2.24, 2.45) is 5.41 Å². The quantitative estimate of drug-likeness (QED) is 0.440. The van der Waals surface area contributed by atoms with Crippen molar-refractivity contribution in [2.75, 3.05) is 26.7 Å². The van der Waals surface area contributed by atoms with Crippen LogP contribution in [0.1, 0.15) is 54.6 Å². The Morgan fingerprint density at radius 3 is 2.45 bits per heavy atom. The number of hydrogen-bond donors (Lipinski definition) is 1. The molecule has 0 saturated carbocycles. The minimum Gasteiger partial charge on any atom is -0.497 e. The zero-order valence-electron chi connectivity index (χ0n) is 22.8. The third kappa shape index (κ3) is 5.33. The predicted molar refractivity (Wildman–Crippen MR) is 151 cm³/mol. The summed E-state index contributed by atoms with van der Waals surface area (Å²) in [6, 6.07) is 18.4. The summed E-state index contributed by atoms with van der Waals surface area (Å²) in [6.45, 7) is 19.4. The number of nitrogens with one attached hydrogen (secondary N) is 1. The van der Waals surface area contributed by atoms with Gasteiger partial charge in [0.25, 0.3) is 5.91 Å². The molecule has 198 valence electrons. The summed E-state index contributed by atoms with van der Waals surface area (Å²) in [7, 11) is 1.61. The molecule has 2 aromatic carbocycles. The number of carbonyl (C=O) groups is 1. The molecule has 0 spiro atoms. The van der Waals surface area contributed by atoms with E-state index in [2.05, 4.69) is 55.1 Å². The lowest BCUT2D eigenvalue weighted by atomic mass is 9.73. The van der Waals surface area contributed by atoms with Crippen LogP contribution in [-0.4, -0.2) is 42.5 Å². The van der Waals surface area contributed by atoms with Crippen molar-refractivity contribution in [3.63, 3.8) is 0 Å². The van der Waals surface area contributed by atoms with Crippen molar-refractivity contribution in [3.8, 4) is 11.8 Å². The van der Waals surface area contributed by atoms with Crippen LogP contribution in [0.5, 0.6) is 5.75 Å². The fraction of sp³-hybridized carbons (Fsp3) is 0.375. The molecule has 1 saturated heterocycles. The van der Waals surface area contributed by atoms with Crippen molar-refractivity contribution < 1.29 is 9.53 Å². The molecule has 0 aliphatic carbocycles. The second-order valence-corrected chi connectivity index (χ2v) is 10.9. The van der Waals surface area contributed by atoms with Gasteiger partial charge in [0.1, 0.15) is 5.75 Å². The number of hydrogen-bond acceptors (Lipinski definition) is 5. The van der Waals surface area contributed by atoms with Crippen LogP contribution in [0, 0.1) is 16.7 Å². The number of nitrogens with zero attached hydrogens (tertiary/aromatic N) is 3. The van der Waals surface area contributed by atoms with Gasteiger partial charge in [-0.3, -0.25) is 4.79 Å². The van der Waals surface area contributed by atoms with Crippen LogP contribution in [0.25, 0.3) is 0 Å². The van der Waals surface area contributed by atoms with Gasteiger partial charge >= 0.3 is 0 Å². The molecule has 38 heavy (non-hydrogen) atoms. The molecule has 2 heterocycles. The van der Waals surface area contributed by atoms with E-state index in [4.69, 9.17) is 4.74 Å². The van der Waals surface area contributed by atoms with E-state index in [-0.39, 0.29) is 5.91 Å². The first kappa shape index (κ1) is 27.1. The van der Waals surface area contributed by atoms with Crippen LogP contribution in [0.3, 0.4) is 0 Å². The Morgan fingerprint density at radius 2 is 1.84 bits per heavy atom. The summed E-state index contributed by atoms with van der Waals surface area (Å²) in [5, 5.41) is 13.4. The third-order valence-corrected chi connectivity index (χ3v) is 8.03. The first-order valence-electron chi connectivity index (χ1n) is 13.1. The van der Waals surface area contributed by atoms with E-state index in [1.165, 1.54) is 0 Å². The molecule has 1 amide bonds. The van der Waals surface area contributed by atoms with Crippen LogP contribution in [0.2, 0.25) is 0 Å². The second-order valence-electron chi connectivity index (χ2n) is 10.9. The number of likely N-dealkylation sites (tertiary alicyclic amines) is 1.